The van der Waals surface area contributed by atoms with E-state index in [2.05, 4.69) is 20.8 Å². The van der Waals surface area contributed by atoms with E-state index in [1.165, 1.54) is 0 Å². The van der Waals surface area contributed by atoms with Crippen LogP contribution in [-0.2, 0) is 11.8 Å². The zero-order valence-corrected chi connectivity index (χ0v) is 12.7. The van der Waals surface area contributed by atoms with Gasteiger partial charge in [0.25, 0.3) is 0 Å². The number of nitrogens with zero attached hydrogens (tertiary/aromatic N) is 3. The molecular formula is C13H23N5O3. The Morgan fingerprint density at radius 1 is 1.38 bits per heavy atom. The van der Waals surface area contributed by atoms with Crippen LogP contribution in [0.25, 0.3) is 0 Å². The quantitative estimate of drug-likeness (QED) is 0.665. The van der Waals surface area contributed by atoms with Gasteiger partial charge in [0.1, 0.15) is 6.33 Å². The Morgan fingerprint density at radius 3 is 2.67 bits per heavy atom. The second kappa shape index (κ2) is 8.23. The Morgan fingerprint density at radius 2 is 2.10 bits per heavy atom. The number of hydrogen-bond acceptors (Lipinski definition) is 4. The molecule has 2 amide bonds. The van der Waals surface area contributed by atoms with E-state index in [0.29, 0.717) is 18.8 Å². The Bertz CT molecular complexity index is 474. The molecule has 118 valence electrons. The van der Waals surface area contributed by atoms with E-state index < -0.39 is 5.97 Å². The lowest BCUT2D eigenvalue weighted by Crippen LogP contribution is -2.38. The first-order valence-electron chi connectivity index (χ1n) is 7.00. The largest absolute Gasteiger partial charge is 0.481 e. The van der Waals surface area contributed by atoms with Gasteiger partial charge >= 0.3 is 12.0 Å². The third kappa shape index (κ3) is 6.24. The number of carbonyl (C=O) groups is 2. The summed E-state index contributed by atoms with van der Waals surface area (Å²) in [5.74, 6) is 0.155. The summed E-state index contributed by atoms with van der Waals surface area (Å²) in [5, 5.41) is 21.8. The highest BCUT2D eigenvalue weighted by molar-refractivity contribution is 5.74. The molecule has 1 aromatic rings. The average molecular weight is 297 g/mol. The van der Waals surface area contributed by atoms with Crippen molar-refractivity contribution in [2.24, 2.45) is 13.0 Å². The number of hydrogen-bond donors (Lipinski definition) is 3. The number of aryl methyl sites for hydroxylation is 1. The molecule has 1 heterocycles. The number of carbonyl (C=O) groups excluding carboxylic acids is 1. The number of carboxylic acids is 1. The zero-order chi connectivity index (χ0) is 15.8. The lowest BCUT2D eigenvalue weighted by molar-refractivity contribution is -0.137. The third-order valence-electron chi connectivity index (χ3n) is 3.26. The summed E-state index contributed by atoms with van der Waals surface area (Å²) in [6.07, 6.45) is 3.11. The number of nitrogens with one attached hydrogen (secondary N) is 2. The molecule has 8 nitrogen and oxygen atoms in total. The summed E-state index contributed by atoms with van der Waals surface area (Å²) in [6, 6.07) is -0.502. The van der Waals surface area contributed by atoms with Crippen LogP contribution in [-0.4, -0.2) is 38.4 Å². The fourth-order valence-corrected chi connectivity index (χ4v) is 1.94. The summed E-state index contributed by atoms with van der Waals surface area (Å²) in [7, 11) is 1.82. The molecule has 0 aliphatic heterocycles. The van der Waals surface area contributed by atoms with Crippen molar-refractivity contribution in [3.05, 3.63) is 12.2 Å². The smallest absolute Gasteiger partial charge is 0.315 e. The van der Waals surface area contributed by atoms with Gasteiger partial charge in [-0.15, -0.1) is 10.2 Å². The van der Waals surface area contributed by atoms with Crippen LogP contribution < -0.4 is 10.6 Å². The summed E-state index contributed by atoms with van der Waals surface area (Å²) in [5.41, 5.74) is 0. The summed E-state index contributed by atoms with van der Waals surface area (Å²) in [6.45, 7) is 4.32. The van der Waals surface area contributed by atoms with E-state index in [-0.39, 0.29) is 24.4 Å². The Balaban J connectivity index is 2.22. The minimum Gasteiger partial charge on any atom is -0.481 e. The van der Waals surface area contributed by atoms with Gasteiger partial charge in [0.2, 0.25) is 0 Å². The summed E-state index contributed by atoms with van der Waals surface area (Å²) >= 11 is 0. The standard InChI is InChI=1S/C13H23N5O3/c1-9(4-5-11(19)20)6-7-14-13(21)16-10(2)12-17-15-8-18(12)3/h8-10H,4-7H2,1-3H3,(H,19,20)(H2,14,16,21). The number of aromatic nitrogens is 3. The molecule has 3 N–H and O–H groups in total. The Hall–Kier alpha value is -2.12. The van der Waals surface area contributed by atoms with Crippen molar-refractivity contribution in [3.63, 3.8) is 0 Å². The van der Waals surface area contributed by atoms with Gasteiger partial charge in [0.15, 0.2) is 5.82 Å². The van der Waals surface area contributed by atoms with Gasteiger partial charge in [-0.2, -0.15) is 0 Å². The van der Waals surface area contributed by atoms with Crippen LogP contribution in [0.5, 0.6) is 0 Å². The van der Waals surface area contributed by atoms with Crippen molar-refractivity contribution < 1.29 is 14.7 Å². The second-order valence-corrected chi connectivity index (χ2v) is 5.25. The SMILES string of the molecule is CC(CCNC(=O)NC(C)c1nncn1C)CCC(=O)O. The van der Waals surface area contributed by atoms with E-state index in [0.717, 1.165) is 6.42 Å². The average Bonchev–Trinajstić information content (AvgIpc) is 2.82. The lowest BCUT2D eigenvalue weighted by Gasteiger charge is -2.15. The normalized spacial score (nSPS) is 13.5. The molecule has 21 heavy (non-hydrogen) atoms. The van der Waals surface area contributed by atoms with Crippen LogP contribution in [0.2, 0.25) is 0 Å². The van der Waals surface area contributed by atoms with Crippen LogP contribution >= 0.6 is 0 Å². The first-order chi connectivity index (χ1) is 9.90. The molecule has 0 saturated heterocycles. The molecule has 0 spiro atoms. The lowest BCUT2D eigenvalue weighted by atomic mass is 10.0. The molecule has 1 rings (SSSR count). The van der Waals surface area contributed by atoms with Gasteiger partial charge < -0.3 is 20.3 Å². The minimum atomic E-state index is -0.787. The molecule has 1 aromatic heterocycles. The molecular weight excluding hydrogens is 274 g/mol. The van der Waals surface area contributed by atoms with Gasteiger partial charge in [-0.3, -0.25) is 4.79 Å². The highest BCUT2D eigenvalue weighted by Crippen LogP contribution is 2.09. The maximum Gasteiger partial charge on any atom is 0.315 e. The Labute approximate surface area is 123 Å². The van der Waals surface area contributed by atoms with E-state index >= 15 is 0 Å². The third-order valence-corrected chi connectivity index (χ3v) is 3.26. The van der Waals surface area contributed by atoms with Gasteiger partial charge in [-0.1, -0.05) is 6.92 Å². The van der Waals surface area contributed by atoms with Crippen LogP contribution in [0.15, 0.2) is 6.33 Å². The van der Waals surface area contributed by atoms with Crippen molar-refractivity contribution in [3.8, 4) is 0 Å². The van der Waals surface area contributed by atoms with Gasteiger partial charge in [0.05, 0.1) is 6.04 Å². The zero-order valence-electron chi connectivity index (χ0n) is 12.7. The highest BCUT2D eigenvalue weighted by Gasteiger charge is 2.14. The summed E-state index contributed by atoms with van der Waals surface area (Å²) < 4.78 is 1.75. The van der Waals surface area contributed by atoms with Crippen LogP contribution in [0.3, 0.4) is 0 Å². The van der Waals surface area contributed by atoms with Crippen LogP contribution in [0.4, 0.5) is 4.79 Å². The molecule has 0 saturated carbocycles. The molecule has 0 aromatic carbocycles. The molecule has 2 atom stereocenters. The molecule has 0 radical (unpaired) electrons. The van der Waals surface area contributed by atoms with E-state index in [4.69, 9.17) is 5.11 Å². The maximum absolute atomic E-state index is 11.7. The van der Waals surface area contributed by atoms with Gasteiger partial charge in [0, 0.05) is 20.0 Å². The first kappa shape index (κ1) is 16.9. The molecule has 8 heteroatoms. The molecule has 0 aliphatic rings. The van der Waals surface area contributed by atoms with Gasteiger partial charge in [-0.25, -0.2) is 4.79 Å². The number of amides is 2. The topological polar surface area (TPSA) is 109 Å². The fraction of sp³-hybridized carbons (Fsp3) is 0.692. The predicted octanol–water partition coefficient (Wildman–Crippen LogP) is 1.07. The number of rotatable bonds is 8. The van der Waals surface area contributed by atoms with E-state index in [9.17, 15) is 9.59 Å². The highest BCUT2D eigenvalue weighted by atomic mass is 16.4. The molecule has 0 aliphatic carbocycles. The Kier molecular flexibility index (Phi) is 6.64. The predicted molar refractivity (Wildman–Crippen MR) is 76.6 cm³/mol. The maximum atomic E-state index is 11.7. The summed E-state index contributed by atoms with van der Waals surface area (Å²) in [4.78, 5) is 22.2. The fourth-order valence-electron chi connectivity index (χ4n) is 1.94. The van der Waals surface area contributed by atoms with Crippen molar-refractivity contribution in [2.45, 2.75) is 39.2 Å². The van der Waals surface area contributed by atoms with Gasteiger partial charge in [-0.05, 0) is 25.7 Å². The van der Waals surface area contributed by atoms with Crippen molar-refractivity contribution >= 4 is 12.0 Å². The second-order valence-electron chi connectivity index (χ2n) is 5.25. The van der Waals surface area contributed by atoms with Crippen molar-refractivity contribution in [1.82, 2.24) is 25.4 Å². The van der Waals surface area contributed by atoms with Crippen molar-refractivity contribution in [2.75, 3.05) is 6.54 Å². The number of urea groups is 1. The first-order valence-corrected chi connectivity index (χ1v) is 7.00. The minimum absolute atomic E-state index is 0.163. The van der Waals surface area contributed by atoms with Crippen LogP contribution in [0, 0.1) is 5.92 Å². The van der Waals surface area contributed by atoms with E-state index in [1.54, 1.807) is 10.9 Å². The monoisotopic (exact) mass is 297 g/mol. The molecule has 0 fully saturated rings. The van der Waals surface area contributed by atoms with Crippen molar-refractivity contribution in [1.29, 1.82) is 0 Å². The molecule has 0 bridgehead atoms. The van der Waals surface area contributed by atoms with E-state index in [1.807, 2.05) is 20.9 Å². The molecule has 2 unspecified atom stereocenters. The van der Waals surface area contributed by atoms with Crippen LogP contribution in [0.1, 0.15) is 45.0 Å². The number of carboxylic acid groups (broad SMARTS) is 1. The number of aliphatic carboxylic acids is 1.